The van der Waals surface area contributed by atoms with Gasteiger partial charge in [0.1, 0.15) is 0 Å². The quantitative estimate of drug-likeness (QED) is 0.653. The molecule has 0 saturated heterocycles. The van der Waals surface area contributed by atoms with Crippen molar-refractivity contribution in [1.82, 2.24) is 20.4 Å². The molecule has 8 heteroatoms. The van der Waals surface area contributed by atoms with Crippen LogP contribution in [0.25, 0.3) is 0 Å². The molecule has 0 radical (unpaired) electrons. The SMILES string of the molecule is Cn1nccc1CCNC(=O)NC(=O)CCCC(=O)O. The predicted octanol–water partition coefficient (Wildman–Crippen LogP) is 0.0433. The standard InChI is InChI=1S/C12H18N4O4/c1-16-9(6-8-14-16)5-7-13-12(20)15-10(17)3-2-4-11(18)19/h6,8H,2-5,7H2,1H3,(H,18,19)(H2,13,15,17,20). The van der Waals surface area contributed by atoms with Crippen LogP contribution in [0.4, 0.5) is 4.79 Å². The highest BCUT2D eigenvalue weighted by molar-refractivity contribution is 5.94. The van der Waals surface area contributed by atoms with Gasteiger partial charge in [0.05, 0.1) is 0 Å². The molecule has 1 aromatic rings. The number of nitrogens with one attached hydrogen (secondary N) is 2. The van der Waals surface area contributed by atoms with Crippen molar-refractivity contribution in [3.8, 4) is 0 Å². The minimum absolute atomic E-state index is 0.0153. The third kappa shape index (κ3) is 5.98. The summed E-state index contributed by atoms with van der Waals surface area (Å²) in [6, 6.07) is 1.27. The number of urea groups is 1. The fraction of sp³-hybridized carbons (Fsp3) is 0.500. The van der Waals surface area contributed by atoms with Crippen molar-refractivity contribution in [2.24, 2.45) is 7.05 Å². The van der Waals surface area contributed by atoms with E-state index in [-0.39, 0.29) is 19.3 Å². The maximum atomic E-state index is 11.4. The second-order valence-corrected chi connectivity index (χ2v) is 4.25. The summed E-state index contributed by atoms with van der Waals surface area (Å²) in [5.74, 6) is -1.44. The van der Waals surface area contributed by atoms with E-state index in [1.54, 1.807) is 17.9 Å². The fourth-order valence-electron chi connectivity index (χ4n) is 1.58. The number of hydrogen-bond donors (Lipinski definition) is 3. The molecule has 0 bridgehead atoms. The first kappa shape index (κ1) is 15.7. The average Bonchev–Trinajstić information content (AvgIpc) is 2.74. The molecule has 110 valence electrons. The Balaban J connectivity index is 2.15. The van der Waals surface area contributed by atoms with Crippen LogP contribution in [-0.4, -0.2) is 39.3 Å². The van der Waals surface area contributed by atoms with Crippen molar-refractivity contribution in [3.05, 3.63) is 18.0 Å². The largest absolute Gasteiger partial charge is 0.481 e. The fourth-order valence-corrected chi connectivity index (χ4v) is 1.58. The summed E-state index contributed by atoms with van der Waals surface area (Å²) in [6.07, 6.45) is 2.42. The van der Waals surface area contributed by atoms with Gasteiger partial charge in [0, 0.05) is 44.7 Å². The second kappa shape index (κ2) is 7.93. The molecule has 1 rings (SSSR count). The van der Waals surface area contributed by atoms with Crippen LogP contribution < -0.4 is 10.6 Å². The Kier molecular flexibility index (Phi) is 6.21. The van der Waals surface area contributed by atoms with E-state index < -0.39 is 17.9 Å². The number of carboxylic acids is 1. The summed E-state index contributed by atoms with van der Waals surface area (Å²) in [5.41, 5.74) is 0.970. The Labute approximate surface area is 116 Å². The van der Waals surface area contributed by atoms with Crippen molar-refractivity contribution in [2.45, 2.75) is 25.7 Å². The lowest BCUT2D eigenvalue weighted by Crippen LogP contribution is -2.40. The first-order chi connectivity index (χ1) is 9.49. The topological polar surface area (TPSA) is 113 Å². The van der Waals surface area contributed by atoms with Gasteiger partial charge in [0.2, 0.25) is 5.91 Å². The third-order valence-corrected chi connectivity index (χ3v) is 2.64. The van der Waals surface area contributed by atoms with Crippen LogP contribution >= 0.6 is 0 Å². The number of rotatable bonds is 7. The predicted molar refractivity (Wildman–Crippen MR) is 69.9 cm³/mol. The molecule has 0 aliphatic rings. The summed E-state index contributed by atoms with van der Waals surface area (Å²) >= 11 is 0. The van der Waals surface area contributed by atoms with Gasteiger partial charge >= 0.3 is 12.0 Å². The molecular formula is C12H18N4O4. The third-order valence-electron chi connectivity index (χ3n) is 2.64. The van der Waals surface area contributed by atoms with Crippen LogP contribution in [0.15, 0.2) is 12.3 Å². The monoisotopic (exact) mass is 282 g/mol. The first-order valence-electron chi connectivity index (χ1n) is 6.25. The minimum atomic E-state index is -0.960. The number of nitrogens with zero attached hydrogens (tertiary/aromatic N) is 2. The molecule has 0 unspecified atom stereocenters. The molecule has 0 spiro atoms. The lowest BCUT2D eigenvalue weighted by atomic mass is 10.2. The van der Waals surface area contributed by atoms with Crippen molar-refractivity contribution >= 4 is 17.9 Å². The van der Waals surface area contributed by atoms with E-state index in [4.69, 9.17) is 5.11 Å². The van der Waals surface area contributed by atoms with Gasteiger partial charge in [-0.25, -0.2) is 4.79 Å². The molecule has 1 aromatic heterocycles. The van der Waals surface area contributed by atoms with Gasteiger partial charge in [-0.05, 0) is 12.5 Å². The highest BCUT2D eigenvalue weighted by atomic mass is 16.4. The Morgan fingerprint density at radius 2 is 2.10 bits per heavy atom. The molecule has 20 heavy (non-hydrogen) atoms. The zero-order chi connectivity index (χ0) is 15.0. The lowest BCUT2D eigenvalue weighted by Gasteiger charge is -2.06. The van der Waals surface area contributed by atoms with Crippen LogP contribution in [0, 0.1) is 0 Å². The minimum Gasteiger partial charge on any atom is -0.481 e. The normalized spacial score (nSPS) is 10.1. The summed E-state index contributed by atoms with van der Waals surface area (Å²) in [7, 11) is 1.81. The van der Waals surface area contributed by atoms with Gasteiger partial charge in [-0.2, -0.15) is 5.10 Å². The molecule has 0 aliphatic carbocycles. The molecule has 3 amide bonds. The lowest BCUT2D eigenvalue weighted by molar-refractivity contribution is -0.137. The van der Waals surface area contributed by atoms with E-state index in [9.17, 15) is 14.4 Å². The number of carboxylic acid groups (broad SMARTS) is 1. The van der Waals surface area contributed by atoms with Crippen molar-refractivity contribution in [3.63, 3.8) is 0 Å². The van der Waals surface area contributed by atoms with Crippen LogP contribution in [0.5, 0.6) is 0 Å². The molecule has 3 N–H and O–H groups in total. The highest BCUT2D eigenvalue weighted by Crippen LogP contribution is 1.96. The first-order valence-corrected chi connectivity index (χ1v) is 6.25. The zero-order valence-electron chi connectivity index (χ0n) is 11.3. The van der Waals surface area contributed by atoms with E-state index in [1.807, 2.05) is 6.07 Å². The Hall–Kier alpha value is -2.38. The molecule has 0 atom stereocenters. The molecular weight excluding hydrogens is 264 g/mol. The summed E-state index contributed by atoms with van der Waals surface area (Å²) in [5, 5.41) is 17.1. The molecule has 0 aliphatic heterocycles. The number of aryl methyl sites for hydroxylation is 1. The van der Waals surface area contributed by atoms with Gasteiger partial charge in [-0.15, -0.1) is 0 Å². The number of imide groups is 1. The van der Waals surface area contributed by atoms with E-state index >= 15 is 0 Å². The Morgan fingerprint density at radius 3 is 2.70 bits per heavy atom. The second-order valence-electron chi connectivity index (χ2n) is 4.25. The maximum absolute atomic E-state index is 11.4. The summed E-state index contributed by atoms with van der Waals surface area (Å²) in [6.45, 7) is 0.383. The van der Waals surface area contributed by atoms with Crippen molar-refractivity contribution < 1.29 is 19.5 Å². The zero-order valence-corrected chi connectivity index (χ0v) is 11.3. The van der Waals surface area contributed by atoms with E-state index in [2.05, 4.69) is 15.7 Å². The molecule has 0 saturated carbocycles. The van der Waals surface area contributed by atoms with Crippen LogP contribution in [0.2, 0.25) is 0 Å². The number of aromatic nitrogens is 2. The smallest absolute Gasteiger partial charge is 0.321 e. The van der Waals surface area contributed by atoms with Gasteiger partial charge in [-0.1, -0.05) is 0 Å². The van der Waals surface area contributed by atoms with Gasteiger partial charge in [0.15, 0.2) is 0 Å². The Morgan fingerprint density at radius 1 is 1.35 bits per heavy atom. The molecule has 8 nitrogen and oxygen atoms in total. The average molecular weight is 282 g/mol. The van der Waals surface area contributed by atoms with Crippen molar-refractivity contribution in [1.29, 1.82) is 0 Å². The van der Waals surface area contributed by atoms with Crippen LogP contribution in [0.3, 0.4) is 0 Å². The number of carbonyl (C=O) groups excluding carboxylic acids is 2. The summed E-state index contributed by atoms with van der Waals surface area (Å²) in [4.78, 5) is 33.0. The number of hydrogen-bond acceptors (Lipinski definition) is 4. The van der Waals surface area contributed by atoms with Crippen LogP contribution in [0.1, 0.15) is 25.0 Å². The van der Waals surface area contributed by atoms with Gasteiger partial charge in [-0.3, -0.25) is 19.6 Å². The van der Waals surface area contributed by atoms with E-state index in [0.717, 1.165) is 5.69 Å². The number of carbonyl (C=O) groups is 3. The maximum Gasteiger partial charge on any atom is 0.321 e. The highest BCUT2D eigenvalue weighted by Gasteiger charge is 2.08. The van der Waals surface area contributed by atoms with E-state index in [1.165, 1.54) is 0 Å². The molecule has 1 heterocycles. The van der Waals surface area contributed by atoms with Crippen molar-refractivity contribution in [2.75, 3.05) is 6.54 Å². The number of aliphatic carboxylic acids is 1. The summed E-state index contributed by atoms with van der Waals surface area (Å²) < 4.78 is 1.70. The van der Waals surface area contributed by atoms with Gasteiger partial charge in [0.25, 0.3) is 0 Å². The molecule has 0 aromatic carbocycles. The van der Waals surface area contributed by atoms with Crippen LogP contribution in [-0.2, 0) is 23.1 Å². The number of amides is 3. The molecule has 0 fully saturated rings. The van der Waals surface area contributed by atoms with Gasteiger partial charge < -0.3 is 10.4 Å². The van der Waals surface area contributed by atoms with E-state index in [0.29, 0.717) is 13.0 Å². The Bertz CT molecular complexity index is 484.